The molecule has 1 heterocycles. The van der Waals surface area contributed by atoms with Gasteiger partial charge in [0.05, 0.1) is 6.20 Å². The third kappa shape index (κ3) is 2.27. The Morgan fingerprint density at radius 1 is 1.14 bits per heavy atom. The topological polar surface area (TPSA) is 22.1 Å². The van der Waals surface area contributed by atoms with Crippen LogP contribution in [0, 0.1) is 17.6 Å². The molecule has 2 nitrogen and oxygen atoms in total. The molecule has 1 aromatic heterocycles. The molecule has 0 unspecified atom stereocenters. The maximum Gasteiger partial charge on any atom is 0.573 e. The summed E-state index contributed by atoms with van der Waals surface area (Å²) in [4.78, 5) is 2.50. The van der Waals surface area contributed by atoms with E-state index in [1.807, 2.05) is 0 Å². The van der Waals surface area contributed by atoms with Crippen LogP contribution in [0.4, 0.5) is 26.3 Å². The van der Waals surface area contributed by atoms with Crippen LogP contribution in [-0.2, 0) is 0 Å². The van der Waals surface area contributed by atoms with Crippen molar-refractivity contribution in [3.8, 4) is 5.75 Å². The molecule has 0 fully saturated rings. The van der Waals surface area contributed by atoms with E-state index in [-0.39, 0.29) is 6.20 Å². The summed E-state index contributed by atoms with van der Waals surface area (Å²) in [6, 6.07) is 0. The monoisotopic (exact) mass is 217 g/mol. The standard InChI is InChI=1S/C6HF6NO/c7-2-1-13-5(9)3(8)4(2)14-6(10,11)12/h1H. The molecule has 0 aliphatic heterocycles. The van der Waals surface area contributed by atoms with Crippen molar-refractivity contribution >= 4 is 0 Å². The van der Waals surface area contributed by atoms with Gasteiger partial charge in [0.25, 0.3) is 5.95 Å². The van der Waals surface area contributed by atoms with Gasteiger partial charge >= 0.3 is 6.36 Å². The van der Waals surface area contributed by atoms with Crippen molar-refractivity contribution in [2.75, 3.05) is 0 Å². The van der Waals surface area contributed by atoms with E-state index in [9.17, 15) is 26.3 Å². The van der Waals surface area contributed by atoms with Crippen LogP contribution < -0.4 is 4.74 Å². The summed E-state index contributed by atoms with van der Waals surface area (Å²) in [5.41, 5.74) is 0. The summed E-state index contributed by atoms with van der Waals surface area (Å²) in [6.45, 7) is 0. The maximum absolute atomic E-state index is 12.5. The number of halogens is 6. The first-order valence-corrected chi connectivity index (χ1v) is 3.06. The number of hydrogen-bond acceptors (Lipinski definition) is 2. The molecule has 8 heteroatoms. The largest absolute Gasteiger partial charge is 0.573 e. The molecule has 1 aromatic rings. The van der Waals surface area contributed by atoms with Crippen LogP contribution in [0.25, 0.3) is 0 Å². The molecule has 0 radical (unpaired) electrons. The number of aromatic nitrogens is 1. The number of rotatable bonds is 1. The Bertz CT molecular complexity index is 349. The average molecular weight is 217 g/mol. The van der Waals surface area contributed by atoms with Crippen LogP contribution in [0.15, 0.2) is 6.20 Å². The van der Waals surface area contributed by atoms with E-state index in [4.69, 9.17) is 0 Å². The molecule has 0 atom stereocenters. The minimum absolute atomic E-state index is 0.0828. The highest BCUT2D eigenvalue weighted by atomic mass is 19.4. The second-order valence-corrected chi connectivity index (χ2v) is 2.09. The SMILES string of the molecule is Fc1cnc(F)c(F)c1OC(F)(F)F. The number of pyridine rings is 1. The summed E-state index contributed by atoms with van der Waals surface area (Å²) >= 11 is 0. The molecule has 0 aliphatic rings. The molecule has 0 N–H and O–H groups in total. The van der Waals surface area contributed by atoms with E-state index >= 15 is 0 Å². The minimum atomic E-state index is -5.30. The van der Waals surface area contributed by atoms with Gasteiger partial charge in [-0.2, -0.15) is 8.78 Å². The second kappa shape index (κ2) is 3.35. The molecule has 0 saturated heterocycles. The van der Waals surface area contributed by atoms with Gasteiger partial charge in [-0.1, -0.05) is 0 Å². The molecular formula is C6HF6NO. The van der Waals surface area contributed by atoms with Crippen molar-refractivity contribution in [3.63, 3.8) is 0 Å². The van der Waals surface area contributed by atoms with Gasteiger partial charge in [0.15, 0.2) is 5.82 Å². The first kappa shape index (κ1) is 10.6. The zero-order valence-corrected chi connectivity index (χ0v) is 6.20. The Morgan fingerprint density at radius 3 is 2.21 bits per heavy atom. The Labute approximate surface area is 73.1 Å². The van der Waals surface area contributed by atoms with Gasteiger partial charge < -0.3 is 4.74 Å². The van der Waals surface area contributed by atoms with Crippen molar-refractivity contribution < 1.29 is 31.1 Å². The van der Waals surface area contributed by atoms with Crippen molar-refractivity contribution in [1.82, 2.24) is 4.98 Å². The normalized spacial score (nSPS) is 11.6. The van der Waals surface area contributed by atoms with Crippen molar-refractivity contribution in [2.45, 2.75) is 6.36 Å². The van der Waals surface area contributed by atoms with Crippen LogP contribution in [0.5, 0.6) is 5.75 Å². The lowest BCUT2D eigenvalue weighted by Gasteiger charge is -2.09. The molecule has 1 rings (SSSR count). The maximum atomic E-state index is 12.5. The Morgan fingerprint density at radius 2 is 1.71 bits per heavy atom. The van der Waals surface area contributed by atoms with E-state index in [2.05, 4.69) is 9.72 Å². The molecule has 0 spiro atoms. The van der Waals surface area contributed by atoms with Crippen molar-refractivity contribution in [3.05, 3.63) is 23.8 Å². The summed E-state index contributed by atoms with van der Waals surface area (Å²) in [6.07, 6.45) is -5.21. The number of hydrogen-bond donors (Lipinski definition) is 0. The van der Waals surface area contributed by atoms with Gasteiger partial charge in [-0.3, -0.25) is 0 Å². The van der Waals surface area contributed by atoms with Crippen LogP contribution in [0.2, 0.25) is 0 Å². The predicted molar refractivity (Wildman–Crippen MR) is 30.8 cm³/mol. The molecule has 14 heavy (non-hydrogen) atoms. The van der Waals surface area contributed by atoms with Crippen LogP contribution in [0.3, 0.4) is 0 Å². The van der Waals surface area contributed by atoms with Crippen LogP contribution in [-0.4, -0.2) is 11.3 Å². The lowest BCUT2D eigenvalue weighted by Crippen LogP contribution is -2.19. The zero-order valence-electron chi connectivity index (χ0n) is 6.20. The van der Waals surface area contributed by atoms with E-state index in [1.54, 1.807) is 0 Å². The van der Waals surface area contributed by atoms with Gasteiger partial charge in [-0.05, 0) is 0 Å². The fourth-order valence-electron chi connectivity index (χ4n) is 0.636. The van der Waals surface area contributed by atoms with Gasteiger partial charge in [0, 0.05) is 0 Å². The lowest BCUT2D eigenvalue weighted by molar-refractivity contribution is -0.276. The molecule has 0 aliphatic carbocycles. The molecule has 78 valence electrons. The smallest absolute Gasteiger partial charge is 0.399 e. The first-order valence-electron chi connectivity index (χ1n) is 3.06. The fraction of sp³-hybridized carbons (Fsp3) is 0.167. The summed E-state index contributed by atoms with van der Waals surface area (Å²) in [5, 5.41) is 0. The fourth-order valence-corrected chi connectivity index (χ4v) is 0.636. The zero-order chi connectivity index (χ0) is 10.9. The highest BCUT2D eigenvalue weighted by Crippen LogP contribution is 2.28. The second-order valence-electron chi connectivity index (χ2n) is 2.09. The van der Waals surface area contributed by atoms with Crippen LogP contribution >= 0.6 is 0 Å². The summed E-state index contributed by atoms with van der Waals surface area (Å²) in [7, 11) is 0. The van der Waals surface area contributed by atoms with E-state index in [0.717, 1.165) is 0 Å². The third-order valence-electron chi connectivity index (χ3n) is 1.11. The highest BCUT2D eigenvalue weighted by molar-refractivity contribution is 5.23. The van der Waals surface area contributed by atoms with Gasteiger partial charge in [0.2, 0.25) is 11.6 Å². The number of alkyl halides is 3. The van der Waals surface area contributed by atoms with Crippen molar-refractivity contribution in [2.24, 2.45) is 0 Å². The highest BCUT2D eigenvalue weighted by Gasteiger charge is 2.35. The number of ether oxygens (including phenoxy) is 1. The van der Waals surface area contributed by atoms with Gasteiger partial charge in [-0.15, -0.1) is 13.2 Å². The minimum Gasteiger partial charge on any atom is -0.399 e. The first-order chi connectivity index (χ1) is 6.31. The molecular weight excluding hydrogens is 216 g/mol. The quantitative estimate of drug-likeness (QED) is 0.532. The van der Waals surface area contributed by atoms with Crippen LogP contribution in [0.1, 0.15) is 0 Å². The van der Waals surface area contributed by atoms with Crippen molar-refractivity contribution in [1.29, 1.82) is 0 Å². The molecule has 0 amide bonds. The predicted octanol–water partition coefficient (Wildman–Crippen LogP) is 2.40. The Balaban J connectivity index is 3.13. The average Bonchev–Trinajstić information content (AvgIpc) is 2.04. The third-order valence-corrected chi connectivity index (χ3v) is 1.11. The molecule has 0 bridgehead atoms. The Hall–Kier alpha value is -1.47. The Kier molecular flexibility index (Phi) is 2.54. The number of nitrogens with zero attached hydrogens (tertiary/aromatic N) is 1. The molecule has 0 saturated carbocycles. The van der Waals surface area contributed by atoms with Gasteiger partial charge in [-0.25, -0.2) is 9.37 Å². The van der Waals surface area contributed by atoms with Gasteiger partial charge in [0.1, 0.15) is 0 Å². The lowest BCUT2D eigenvalue weighted by atomic mass is 10.4. The summed E-state index contributed by atoms with van der Waals surface area (Å²) in [5.74, 6) is -7.58. The van der Waals surface area contributed by atoms with E-state index in [0.29, 0.717) is 0 Å². The summed E-state index contributed by atoms with van der Waals surface area (Å²) < 4.78 is 74.7. The van der Waals surface area contributed by atoms with E-state index in [1.165, 1.54) is 0 Å². The van der Waals surface area contributed by atoms with E-state index < -0.39 is 29.7 Å². The molecule has 0 aromatic carbocycles.